The van der Waals surface area contributed by atoms with Crippen molar-refractivity contribution in [2.45, 2.75) is 19.6 Å². The Morgan fingerprint density at radius 2 is 2.00 bits per heavy atom. The summed E-state index contributed by atoms with van der Waals surface area (Å²) in [6.45, 7) is 2.35. The molecule has 3 aromatic rings. The second-order valence-corrected chi connectivity index (χ2v) is 6.24. The Kier molecular flexibility index (Phi) is 4.88. The van der Waals surface area contributed by atoms with Crippen LogP contribution in [0.25, 0.3) is 10.9 Å². The summed E-state index contributed by atoms with van der Waals surface area (Å²) in [7, 11) is 0. The van der Waals surface area contributed by atoms with Crippen molar-refractivity contribution in [3.05, 3.63) is 70.9 Å². The van der Waals surface area contributed by atoms with Gasteiger partial charge in [0, 0.05) is 22.8 Å². The number of amides is 1. The monoisotopic (exact) mass is 342 g/mol. The van der Waals surface area contributed by atoms with Crippen LogP contribution in [0.1, 0.15) is 17.4 Å². The number of aromatic nitrogens is 1. The average Bonchev–Trinajstić information content (AvgIpc) is 2.88. The summed E-state index contributed by atoms with van der Waals surface area (Å²) < 4.78 is 1.97. The maximum atomic E-state index is 12.2. The molecule has 1 atom stereocenters. The maximum absolute atomic E-state index is 12.2. The van der Waals surface area contributed by atoms with Crippen molar-refractivity contribution in [3.63, 3.8) is 0 Å². The molecule has 1 heterocycles. The third kappa shape index (κ3) is 3.61. The van der Waals surface area contributed by atoms with Crippen molar-refractivity contribution in [3.8, 4) is 0 Å². The van der Waals surface area contributed by atoms with Gasteiger partial charge in [-0.05, 0) is 42.1 Å². The highest BCUT2D eigenvalue weighted by atomic mass is 35.5. The first-order valence-electron chi connectivity index (χ1n) is 7.79. The number of benzene rings is 2. The minimum atomic E-state index is -0.782. The summed E-state index contributed by atoms with van der Waals surface area (Å²) in [5, 5.41) is 14.6. The lowest BCUT2D eigenvalue weighted by molar-refractivity contribution is -0.122. The Morgan fingerprint density at radius 3 is 2.79 bits per heavy atom. The molecule has 0 spiro atoms. The minimum Gasteiger partial charge on any atom is -0.387 e. The molecular weight excluding hydrogens is 324 g/mol. The van der Waals surface area contributed by atoms with Gasteiger partial charge in [0.25, 0.3) is 0 Å². The van der Waals surface area contributed by atoms with Crippen molar-refractivity contribution in [1.29, 1.82) is 0 Å². The number of rotatable bonds is 5. The third-order valence-corrected chi connectivity index (χ3v) is 4.28. The van der Waals surface area contributed by atoms with Gasteiger partial charge in [-0.15, -0.1) is 0 Å². The van der Waals surface area contributed by atoms with Crippen molar-refractivity contribution >= 4 is 28.4 Å². The Hall–Kier alpha value is -2.30. The number of halogens is 1. The van der Waals surface area contributed by atoms with Crippen molar-refractivity contribution in [2.75, 3.05) is 6.54 Å². The third-order valence-electron chi connectivity index (χ3n) is 4.05. The van der Waals surface area contributed by atoms with E-state index < -0.39 is 6.10 Å². The zero-order valence-electron chi connectivity index (χ0n) is 13.4. The molecule has 0 aliphatic carbocycles. The molecule has 2 aromatic carbocycles. The molecule has 0 saturated carbocycles. The lowest BCUT2D eigenvalue weighted by Gasteiger charge is -2.14. The van der Waals surface area contributed by atoms with Crippen LogP contribution in [0.3, 0.4) is 0 Å². The van der Waals surface area contributed by atoms with Crippen LogP contribution in [-0.2, 0) is 11.3 Å². The number of para-hydroxylation sites is 1. The fourth-order valence-corrected chi connectivity index (χ4v) is 3.00. The molecule has 2 N–H and O–H groups in total. The molecule has 4 nitrogen and oxygen atoms in total. The lowest BCUT2D eigenvalue weighted by Crippen LogP contribution is -2.31. The van der Waals surface area contributed by atoms with Gasteiger partial charge < -0.3 is 15.0 Å². The highest BCUT2D eigenvalue weighted by Gasteiger charge is 2.12. The maximum Gasteiger partial charge on any atom is 0.240 e. The van der Waals surface area contributed by atoms with Crippen LogP contribution in [-0.4, -0.2) is 22.1 Å². The number of nitrogens with one attached hydrogen (secondary N) is 1. The zero-order valence-corrected chi connectivity index (χ0v) is 14.1. The van der Waals surface area contributed by atoms with Gasteiger partial charge in [-0.1, -0.05) is 41.9 Å². The molecule has 5 heteroatoms. The predicted molar refractivity (Wildman–Crippen MR) is 96.1 cm³/mol. The molecule has 3 rings (SSSR count). The van der Waals surface area contributed by atoms with E-state index in [1.165, 1.54) is 0 Å². The van der Waals surface area contributed by atoms with E-state index in [1.54, 1.807) is 24.3 Å². The Balaban J connectivity index is 1.64. The topological polar surface area (TPSA) is 54.3 Å². The van der Waals surface area contributed by atoms with Crippen LogP contribution in [0.2, 0.25) is 5.02 Å². The van der Waals surface area contributed by atoms with Gasteiger partial charge in [-0.2, -0.15) is 0 Å². The molecule has 0 bridgehead atoms. The number of aliphatic hydroxyl groups excluding tert-OH is 1. The van der Waals surface area contributed by atoms with E-state index in [0.29, 0.717) is 10.6 Å². The van der Waals surface area contributed by atoms with Gasteiger partial charge in [-0.3, -0.25) is 4.79 Å². The summed E-state index contributed by atoms with van der Waals surface area (Å²) >= 11 is 5.92. The van der Waals surface area contributed by atoms with Gasteiger partial charge in [-0.25, -0.2) is 0 Å². The number of fused-ring (bicyclic) bond motifs is 1. The summed E-state index contributed by atoms with van der Waals surface area (Å²) in [5.74, 6) is -0.138. The van der Waals surface area contributed by atoms with Crippen molar-refractivity contribution < 1.29 is 9.90 Å². The van der Waals surface area contributed by atoms with Crippen LogP contribution in [0, 0.1) is 6.92 Å². The van der Waals surface area contributed by atoms with Gasteiger partial charge in [0.05, 0.1) is 6.10 Å². The summed E-state index contributed by atoms with van der Waals surface area (Å²) in [4.78, 5) is 12.2. The van der Waals surface area contributed by atoms with Gasteiger partial charge >= 0.3 is 0 Å². The fourth-order valence-electron chi connectivity index (χ4n) is 2.80. The molecule has 0 aliphatic heterocycles. The number of nitrogens with zero attached hydrogens (tertiary/aromatic N) is 1. The van der Waals surface area contributed by atoms with Gasteiger partial charge in [0.2, 0.25) is 5.91 Å². The second kappa shape index (κ2) is 7.07. The standard InChI is InChI=1S/C19H19ClN2O2/c1-13-9-14-5-2-3-8-17(14)22(13)12-19(24)21-11-18(23)15-6-4-7-16(20)10-15/h2-10,18,23H,11-12H2,1H3,(H,21,24). The molecular formula is C19H19ClN2O2. The summed E-state index contributed by atoms with van der Waals surface area (Å²) in [5.41, 5.74) is 2.74. The van der Waals surface area contributed by atoms with Crippen molar-refractivity contribution in [1.82, 2.24) is 9.88 Å². The Bertz CT molecular complexity index is 873. The molecule has 1 unspecified atom stereocenters. The van der Waals surface area contributed by atoms with E-state index in [2.05, 4.69) is 11.4 Å². The first kappa shape index (κ1) is 16.6. The van der Waals surface area contributed by atoms with Gasteiger partial charge in [0.15, 0.2) is 0 Å². The van der Waals surface area contributed by atoms with Crippen LogP contribution in [0.5, 0.6) is 0 Å². The van der Waals surface area contributed by atoms with Crippen LogP contribution in [0.15, 0.2) is 54.6 Å². The number of carbonyl (C=O) groups excluding carboxylic acids is 1. The van der Waals surface area contributed by atoms with Crippen molar-refractivity contribution in [2.24, 2.45) is 0 Å². The normalized spacial score (nSPS) is 12.3. The quantitative estimate of drug-likeness (QED) is 0.746. The fraction of sp³-hybridized carbons (Fsp3) is 0.211. The first-order chi connectivity index (χ1) is 11.5. The molecule has 0 radical (unpaired) electrons. The van der Waals surface area contributed by atoms with E-state index in [-0.39, 0.29) is 19.0 Å². The van der Waals surface area contributed by atoms with E-state index in [4.69, 9.17) is 11.6 Å². The predicted octanol–water partition coefficient (Wildman–Crippen LogP) is 3.45. The molecule has 1 aromatic heterocycles. The molecule has 0 saturated heterocycles. The van der Waals surface area contributed by atoms with E-state index in [0.717, 1.165) is 16.6 Å². The largest absolute Gasteiger partial charge is 0.387 e. The molecule has 1 amide bonds. The molecule has 24 heavy (non-hydrogen) atoms. The highest BCUT2D eigenvalue weighted by Crippen LogP contribution is 2.19. The van der Waals surface area contributed by atoms with Crippen LogP contribution >= 0.6 is 11.6 Å². The number of hydrogen-bond acceptors (Lipinski definition) is 2. The zero-order chi connectivity index (χ0) is 17.1. The smallest absolute Gasteiger partial charge is 0.240 e. The Labute approximate surface area is 145 Å². The van der Waals surface area contributed by atoms with Gasteiger partial charge in [0.1, 0.15) is 6.54 Å². The van der Waals surface area contributed by atoms with E-state index in [1.807, 2.05) is 35.8 Å². The molecule has 0 aliphatic rings. The average molecular weight is 343 g/mol. The second-order valence-electron chi connectivity index (χ2n) is 5.81. The Morgan fingerprint density at radius 1 is 1.21 bits per heavy atom. The molecule has 0 fully saturated rings. The number of aliphatic hydroxyl groups is 1. The summed E-state index contributed by atoms with van der Waals surface area (Å²) in [6, 6.07) is 17.0. The number of aryl methyl sites for hydroxylation is 1. The summed E-state index contributed by atoms with van der Waals surface area (Å²) in [6.07, 6.45) is -0.782. The molecule has 124 valence electrons. The van der Waals surface area contributed by atoms with E-state index in [9.17, 15) is 9.90 Å². The number of carbonyl (C=O) groups is 1. The minimum absolute atomic E-state index is 0.138. The SMILES string of the molecule is Cc1cc2ccccc2n1CC(=O)NCC(O)c1cccc(Cl)c1. The van der Waals surface area contributed by atoms with Crippen LogP contribution < -0.4 is 5.32 Å². The number of hydrogen-bond donors (Lipinski definition) is 2. The lowest BCUT2D eigenvalue weighted by atomic mass is 10.1. The highest BCUT2D eigenvalue weighted by molar-refractivity contribution is 6.30. The first-order valence-corrected chi connectivity index (χ1v) is 8.17. The van der Waals surface area contributed by atoms with E-state index >= 15 is 0 Å². The van der Waals surface area contributed by atoms with Crippen LogP contribution in [0.4, 0.5) is 0 Å².